The lowest BCUT2D eigenvalue weighted by atomic mass is 9.76. The van der Waals surface area contributed by atoms with E-state index >= 15 is 0 Å². The molecule has 1 aromatic heterocycles. The van der Waals surface area contributed by atoms with Crippen molar-refractivity contribution in [3.8, 4) is 0 Å². The molecule has 0 aromatic carbocycles. The van der Waals surface area contributed by atoms with Crippen molar-refractivity contribution in [2.24, 2.45) is 11.7 Å². The van der Waals surface area contributed by atoms with E-state index in [0.717, 1.165) is 37.4 Å². The molecule has 2 atom stereocenters. The number of nitrogens with zero attached hydrogens (tertiary/aromatic N) is 2. The summed E-state index contributed by atoms with van der Waals surface area (Å²) in [6.07, 6.45) is 11.3. The number of hydrogen-bond acceptors (Lipinski definition) is 4. The van der Waals surface area contributed by atoms with Crippen molar-refractivity contribution in [1.29, 1.82) is 0 Å². The van der Waals surface area contributed by atoms with E-state index in [2.05, 4.69) is 22.2 Å². The Morgan fingerprint density at radius 3 is 2.95 bits per heavy atom. The van der Waals surface area contributed by atoms with Crippen LogP contribution in [0.4, 0.5) is 5.82 Å². The molecule has 2 aliphatic carbocycles. The highest BCUT2D eigenvalue weighted by molar-refractivity contribution is 5.49. The van der Waals surface area contributed by atoms with Gasteiger partial charge in [-0.25, -0.2) is 9.97 Å². The molecule has 1 heterocycles. The summed E-state index contributed by atoms with van der Waals surface area (Å²) < 4.78 is 0. The topological polar surface area (TPSA) is 63.8 Å². The predicted molar refractivity (Wildman–Crippen MR) is 81.7 cm³/mol. The lowest BCUT2D eigenvalue weighted by Crippen LogP contribution is -2.49. The fourth-order valence-electron chi connectivity index (χ4n) is 3.89. The first-order valence-electron chi connectivity index (χ1n) is 8.03. The highest BCUT2D eigenvalue weighted by Crippen LogP contribution is 2.35. The van der Waals surface area contributed by atoms with Gasteiger partial charge in [0.1, 0.15) is 12.1 Å². The third-order valence-electron chi connectivity index (χ3n) is 4.99. The minimum atomic E-state index is 0.0389. The zero-order valence-electron chi connectivity index (χ0n) is 12.5. The first-order valence-corrected chi connectivity index (χ1v) is 8.03. The summed E-state index contributed by atoms with van der Waals surface area (Å²) in [7, 11) is 0. The van der Waals surface area contributed by atoms with Crippen molar-refractivity contribution < 1.29 is 0 Å². The zero-order valence-corrected chi connectivity index (χ0v) is 12.5. The summed E-state index contributed by atoms with van der Waals surface area (Å²) in [6.45, 7) is 3.02. The Labute approximate surface area is 121 Å². The quantitative estimate of drug-likeness (QED) is 0.889. The van der Waals surface area contributed by atoms with Crippen LogP contribution < -0.4 is 11.1 Å². The average Bonchev–Trinajstić information content (AvgIpc) is 2.48. The van der Waals surface area contributed by atoms with Crippen LogP contribution in [0.1, 0.15) is 56.7 Å². The molecule has 2 aliphatic rings. The number of aromatic nitrogens is 2. The molecule has 4 heteroatoms. The molecule has 3 rings (SSSR count). The maximum absolute atomic E-state index is 6.12. The predicted octanol–water partition coefficient (Wildman–Crippen LogP) is 2.67. The highest BCUT2D eigenvalue weighted by atomic mass is 15.1. The van der Waals surface area contributed by atoms with Gasteiger partial charge in [0.05, 0.1) is 5.54 Å². The number of rotatable bonds is 3. The van der Waals surface area contributed by atoms with E-state index < -0.39 is 0 Å². The molecule has 110 valence electrons. The molecule has 0 saturated heterocycles. The molecular weight excluding hydrogens is 248 g/mol. The van der Waals surface area contributed by atoms with Gasteiger partial charge >= 0.3 is 0 Å². The summed E-state index contributed by atoms with van der Waals surface area (Å²) in [5, 5.41) is 3.73. The van der Waals surface area contributed by atoms with Crippen molar-refractivity contribution in [3.05, 3.63) is 17.6 Å². The standard InChI is InChI=1S/C16H26N4/c1-12-5-4-8-16(9-12,10-17)20-15-13-6-2-3-7-14(13)18-11-19-15/h11-12H,2-10,17H2,1H3,(H,18,19,20). The Balaban J connectivity index is 1.86. The molecule has 1 aromatic rings. The van der Waals surface area contributed by atoms with Gasteiger partial charge in [-0.1, -0.05) is 19.8 Å². The molecule has 0 aliphatic heterocycles. The monoisotopic (exact) mass is 274 g/mol. The maximum Gasteiger partial charge on any atom is 0.133 e. The van der Waals surface area contributed by atoms with Gasteiger partial charge in [0.25, 0.3) is 0 Å². The number of nitrogens with one attached hydrogen (secondary N) is 1. The number of anilines is 1. The summed E-state index contributed by atoms with van der Waals surface area (Å²) in [5.74, 6) is 1.80. The molecule has 0 amide bonds. The molecule has 0 spiro atoms. The lowest BCUT2D eigenvalue weighted by molar-refractivity contribution is 0.263. The minimum absolute atomic E-state index is 0.0389. The molecule has 0 radical (unpaired) electrons. The largest absolute Gasteiger partial charge is 0.363 e. The number of aryl methyl sites for hydroxylation is 1. The smallest absolute Gasteiger partial charge is 0.133 e. The van der Waals surface area contributed by atoms with E-state index in [-0.39, 0.29) is 5.54 Å². The van der Waals surface area contributed by atoms with Gasteiger partial charge in [-0.05, 0) is 44.4 Å². The zero-order chi connectivity index (χ0) is 14.0. The van der Waals surface area contributed by atoms with Crippen LogP contribution >= 0.6 is 0 Å². The minimum Gasteiger partial charge on any atom is -0.363 e. The fourth-order valence-corrected chi connectivity index (χ4v) is 3.89. The van der Waals surface area contributed by atoms with Crippen LogP contribution in [0.25, 0.3) is 0 Å². The molecular formula is C16H26N4. The van der Waals surface area contributed by atoms with Gasteiger partial charge < -0.3 is 11.1 Å². The second-order valence-electron chi connectivity index (χ2n) is 6.67. The molecule has 4 nitrogen and oxygen atoms in total. The molecule has 0 bridgehead atoms. The van der Waals surface area contributed by atoms with Crippen LogP contribution in [0, 0.1) is 5.92 Å². The summed E-state index contributed by atoms with van der Waals surface area (Å²) in [6, 6.07) is 0. The van der Waals surface area contributed by atoms with Crippen molar-refractivity contribution in [3.63, 3.8) is 0 Å². The number of nitrogens with two attached hydrogens (primary N) is 1. The van der Waals surface area contributed by atoms with Crippen LogP contribution in [-0.2, 0) is 12.8 Å². The molecule has 2 unspecified atom stereocenters. The van der Waals surface area contributed by atoms with E-state index in [1.165, 1.54) is 36.9 Å². The average molecular weight is 274 g/mol. The maximum atomic E-state index is 6.12. The van der Waals surface area contributed by atoms with Crippen LogP contribution in [0.5, 0.6) is 0 Å². The number of hydrogen-bond donors (Lipinski definition) is 2. The third-order valence-corrected chi connectivity index (χ3v) is 4.99. The Kier molecular flexibility index (Phi) is 3.92. The Hall–Kier alpha value is -1.16. The lowest BCUT2D eigenvalue weighted by Gasteiger charge is -2.41. The van der Waals surface area contributed by atoms with Crippen LogP contribution in [0.15, 0.2) is 6.33 Å². The summed E-state index contributed by atoms with van der Waals surface area (Å²) >= 11 is 0. The summed E-state index contributed by atoms with van der Waals surface area (Å²) in [5.41, 5.74) is 8.74. The van der Waals surface area contributed by atoms with E-state index in [0.29, 0.717) is 6.54 Å². The molecule has 1 saturated carbocycles. The second-order valence-corrected chi connectivity index (χ2v) is 6.67. The van der Waals surface area contributed by atoms with Gasteiger partial charge in [0, 0.05) is 17.8 Å². The third kappa shape index (κ3) is 2.66. The second kappa shape index (κ2) is 5.68. The van der Waals surface area contributed by atoms with Crippen LogP contribution in [0.3, 0.4) is 0 Å². The van der Waals surface area contributed by atoms with Gasteiger partial charge in [0.15, 0.2) is 0 Å². The van der Waals surface area contributed by atoms with Crippen LogP contribution in [-0.4, -0.2) is 22.1 Å². The van der Waals surface area contributed by atoms with Gasteiger partial charge in [-0.15, -0.1) is 0 Å². The van der Waals surface area contributed by atoms with Crippen molar-refractivity contribution in [2.75, 3.05) is 11.9 Å². The number of fused-ring (bicyclic) bond motifs is 1. The molecule has 1 fully saturated rings. The summed E-state index contributed by atoms with van der Waals surface area (Å²) in [4.78, 5) is 8.98. The molecule has 20 heavy (non-hydrogen) atoms. The van der Waals surface area contributed by atoms with Gasteiger partial charge in [0.2, 0.25) is 0 Å². The Morgan fingerprint density at radius 1 is 1.30 bits per heavy atom. The van der Waals surface area contributed by atoms with E-state index in [9.17, 15) is 0 Å². The van der Waals surface area contributed by atoms with E-state index in [1.807, 2.05) is 0 Å². The van der Waals surface area contributed by atoms with Crippen molar-refractivity contribution in [1.82, 2.24) is 9.97 Å². The Morgan fingerprint density at radius 2 is 2.15 bits per heavy atom. The molecule has 3 N–H and O–H groups in total. The van der Waals surface area contributed by atoms with Gasteiger partial charge in [-0.3, -0.25) is 0 Å². The normalized spacial score (nSPS) is 29.8. The highest BCUT2D eigenvalue weighted by Gasteiger charge is 2.34. The van der Waals surface area contributed by atoms with E-state index in [1.54, 1.807) is 6.33 Å². The Bertz CT molecular complexity index is 474. The SMILES string of the molecule is CC1CCCC(CN)(Nc2ncnc3c2CCCC3)C1. The van der Waals surface area contributed by atoms with Crippen molar-refractivity contribution >= 4 is 5.82 Å². The fraction of sp³-hybridized carbons (Fsp3) is 0.750. The van der Waals surface area contributed by atoms with Crippen LogP contribution in [0.2, 0.25) is 0 Å². The van der Waals surface area contributed by atoms with Crippen molar-refractivity contribution in [2.45, 2.75) is 63.8 Å². The van der Waals surface area contributed by atoms with E-state index in [4.69, 9.17) is 5.73 Å². The van der Waals surface area contributed by atoms with Gasteiger partial charge in [-0.2, -0.15) is 0 Å². The first kappa shape index (κ1) is 13.8. The first-order chi connectivity index (χ1) is 9.72.